The van der Waals surface area contributed by atoms with Crippen LogP contribution in [0.15, 0.2) is 103 Å². The van der Waals surface area contributed by atoms with Crippen LogP contribution in [0.4, 0.5) is 0 Å². The maximum Gasteiger partial charge on any atom is 0.348 e. The molecular weight excluding hydrogens is 724 g/mol. The summed E-state index contributed by atoms with van der Waals surface area (Å²) in [6.07, 6.45) is -1.03. The van der Waals surface area contributed by atoms with Gasteiger partial charge in [-0.25, -0.2) is 14.4 Å². The van der Waals surface area contributed by atoms with E-state index in [0.29, 0.717) is 16.7 Å². The molecule has 0 saturated carbocycles. The number of nitrogens with one attached hydrogen (secondary N) is 2. The molecule has 3 aliphatic rings. The molecule has 294 valence electrons. The topological polar surface area (TPSA) is 196 Å². The minimum atomic E-state index is -1.44. The Morgan fingerprint density at radius 3 is 2.14 bits per heavy atom. The number of amides is 2. The highest BCUT2D eigenvalue weighted by molar-refractivity contribution is 5.98. The minimum absolute atomic E-state index is 0.0741. The first-order valence-corrected chi connectivity index (χ1v) is 18.2. The number of esters is 3. The van der Waals surface area contributed by atoms with E-state index in [0.717, 1.165) is 0 Å². The summed E-state index contributed by atoms with van der Waals surface area (Å²) in [6.45, 7) is 4.62. The van der Waals surface area contributed by atoms with Gasteiger partial charge in [-0.1, -0.05) is 86.6 Å². The van der Waals surface area contributed by atoms with Crippen molar-refractivity contribution in [2.75, 3.05) is 19.8 Å². The molecule has 6 rings (SSSR count). The number of fused-ring (bicyclic) bond motifs is 1. The van der Waals surface area contributed by atoms with Crippen LogP contribution >= 0.6 is 0 Å². The predicted molar refractivity (Wildman–Crippen MR) is 199 cm³/mol. The van der Waals surface area contributed by atoms with E-state index in [1.54, 1.807) is 32.1 Å². The molecule has 6 atom stereocenters. The van der Waals surface area contributed by atoms with Crippen molar-refractivity contribution in [1.29, 1.82) is 0 Å². The second kappa shape index (κ2) is 17.0. The minimum Gasteiger partial charge on any atom is -0.462 e. The standard InChI is InChI=1S/C42H44N2O12/c1-25(46)34(38(49)43-20-21-45)44-37(48)28-22-31(35-32(23-28)55-42(56-35,29-10-6-4-7-11-29)30-12-8-5-9-13-30)53-39(50)27-17-14-26(15-18-27)16-19-33(47)54-36-40(51)52-24-41(36,2)3/h4-19,23,25,31-32,34-36,45-46H,20-22,24H2,1-3H3,(H,43,49)(H,44,48). The summed E-state index contributed by atoms with van der Waals surface area (Å²) in [5.74, 6) is -4.88. The van der Waals surface area contributed by atoms with Gasteiger partial charge in [0.15, 0.2) is 0 Å². The first-order valence-electron chi connectivity index (χ1n) is 18.2. The van der Waals surface area contributed by atoms with Crippen molar-refractivity contribution in [2.45, 2.75) is 69.5 Å². The van der Waals surface area contributed by atoms with Crippen LogP contribution < -0.4 is 10.6 Å². The molecule has 1 aliphatic carbocycles. The maximum absolute atomic E-state index is 13.8. The molecule has 14 nitrogen and oxygen atoms in total. The van der Waals surface area contributed by atoms with Crippen molar-refractivity contribution in [1.82, 2.24) is 10.6 Å². The highest BCUT2D eigenvalue weighted by Crippen LogP contribution is 2.47. The molecule has 14 heteroatoms. The number of carbonyl (C=O) groups excluding carboxylic acids is 5. The molecule has 2 amide bonds. The average molecular weight is 769 g/mol. The second-order valence-electron chi connectivity index (χ2n) is 14.4. The number of carbonyl (C=O) groups is 5. The number of cyclic esters (lactones) is 1. The van der Waals surface area contributed by atoms with Crippen LogP contribution in [0.2, 0.25) is 0 Å². The molecular formula is C42H44N2O12. The summed E-state index contributed by atoms with van der Waals surface area (Å²) in [4.78, 5) is 64.7. The van der Waals surface area contributed by atoms with E-state index < -0.39 is 77.5 Å². The molecule has 0 bridgehead atoms. The van der Waals surface area contributed by atoms with E-state index in [9.17, 15) is 29.1 Å². The molecule has 56 heavy (non-hydrogen) atoms. The Kier molecular flexibility index (Phi) is 12.1. The number of hydrogen-bond acceptors (Lipinski definition) is 12. The van der Waals surface area contributed by atoms with Gasteiger partial charge in [0.2, 0.25) is 23.7 Å². The first kappa shape index (κ1) is 40.0. The Hall–Kier alpha value is -5.67. The van der Waals surface area contributed by atoms with Crippen LogP contribution in [-0.2, 0) is 48.6 Å². The van der Waals surface area contributed by atoms with Crippen molar-refractivity contribution in [3.05, 3.63) is 125 Å². The highest BCUT2D eigenvalue weighted by Gasteiger charge is 2.55. The van der Waals surface area contributed by atoms with Crippen LogP contribution in [0.25, 0.3) is 6.08 Å². The Morgan fingerprint density at radius 1 is 0.929 bits per heavy atom. The molecule has 2 aliphatic heterocycles. The van der Waals surface area contributed by atoms with Gasteiger partial charge in [-0.15, -0.1) is 0 Å². The summed E-state index contributed by atoms with van der Waals surface area (Å²) >= 11 is 0. The Labute approximate surface area is 323 Å². The lowest BCUT2D eigenvalue weighted by Gasteiger charge is -2.31. The lowest BCUT2D eigenvalue weighted by atomic mass is 9.90. The van der Waals surface area contributed by atoms with Crippen molar-refractivity contribution < 1.29 is 57.9 Å². The Bertz CT molecular complexity index is 1940. The van der Waals surface area contributed by atoms with Crippen molar-refractivity contribution in [3.63, 3.8) is 0 Å². The predicted octanol–water partition coefficient (Wildman–Crippen LogP) is 2.71. The van der Waals surface area contributed by atoms with E-state index >= 15 is 0 Å². The quantitative estimate of drug-likeness (QED) is 0.113. The molecule has 0 aromatic heterocycles. The number of ether oxygens (including phenoxy) is 5. The number of benzene rings is 3. The molecule has 2 heterocycles. The zero-order valence-electron chi connectivity index (χ0n) is 31.1. The van der Waals surface area contributed by atoms with E-state index in [1.807, 2.05) is 60.7 Å². The lowest BCUT2D eigenvalue weighted by Crippen LogP contribution is -2.54. The summed E-state index contributed by atoms with van der Waals surface area (Å²) < 4.78 is 29.9. The second-order valence-corrected chi connectivity index (χ2v) is 14.4. The SMILES string of the molecule is CC(O)C(NC(=O)C1=CC2OC(c3ccccc3)(c3ccccc3)OC2C(OC(=O)c2ccc(C=CC(=O)OC3C(=O)OCC3(C)C)cc2)C1)C(=O)NCCO. The summed E-state index contributed by atoms with van der Waals surface area (Å²) in [5.41, 5.74) is 1.54. The van der Waals surface area contributed by atoms with Crippen molar-refractivity contribution in [3.8, 4) is 0 Å². The summed E-state index contributed by atoms with van der Waals surface area (Å²) in [7, 11) is 0. The van der Waals surface area contributed by atoms with Crippen LogP contribution in [0.5, 0.6) is 0 Å². The van der Waals surface area contributed by atoms with E-state index in [-0.39, 0.29) is 37.3 Å². The first-order chi connectivity index (χ1) is 26.8. The fourth-order valence-electron chi connectivity index (χ4n) is 6.71. The zero-order valence-corrected chi connectivity index (χ0v) is 31.1. The fraction of sp³-hybridized carbons (Fsp3) is 0.357. The molecule has 2 fully saturated rings. The van der Waals surface area contributed by atoms with Gasteiger partial charge in [-0.3, -0.25) is 9.59 Å². The molecule has 2 saturated heterocycles. The van der Waals surface area contributed by atoms with Gasteiger partial charge in [0, 0.05) is 41.2 Å². The van der Waals surface area contributed by atoms with Crippen LogP contribution in [0, 0.1) is 5.41 Å². The lowest BCUT2D eigenvalue weighted by molar-refractivity contribution is -0.159. The van der Waals surface area contributed by atoms with Crippen LogP contribution in [0.1, 0.15) is 54.2 Å². The smallest absolute Gasteiger partial charge is 0.348 e. The zero-order chi connectivity index (χ0) is 40.0. The Morgan fingerprint density at radius 2 is 1.57 bits per heavy atom. The van der Waals surface area contributed by atoms with Crippen molar-refractivity contribution in [2.24, 2.45) is 5.41 Å². The van der Waals surface area contributed by atoms with Gasteiger partial charge in [-0.05, 0) is 36.8 Å². The van der Waals surface area contributed by atoms with E-state index in [2.05, 4.69) is 10.6 Å². The monoisotopic (exact) mass is 768 g/mol. The maximum atomic E-state index is 13.8. The van der Waals surface area contributed by atoms with Crippen molar-refractivity contribution >= 4 is 35.8 Å². The fourth-order valence-corrected chi connectivity index (χ4v) is 6.71. The molecule has 4 N–H and O–H groups in total. The number of rotatable bonds is 13. The Balaban J connectivity index is 1.24. The van der Waals surface area contributed by atoms with Gasteiger partial charge >= 0.3 is 17.9 Å². The van der Waals surface area contributed by atoms with Gasteiger partial charge < -0.3 is 44.5 Å². The molecule has 0 radical (unpaired) electrons. The normalized spacial score (nSPS) is 23.2. The largest absolute Gasteiger partial charge is 0.462 e. The van der Waals surface area contributed by atoms with Crippen LogP contribution in [0.3, 0.4) is 0 Å². The van der Waals surface area contributed by atoms with Crippen LogP contribution in [-0.4, -0.2) is 96.3 Å². The van der Waals surface area contributed by atoms with Gasteiger partial charge in [0.05, 0.1) is 18.3 Å². The van der Waals surface area contributed by atoms with E-state index in [1.165, 1.54) is 31.2 Å². The number of hydrogen-bond donors (Lipinski definition) is 4. The summed E-state index contributed by atoms with van der Waals surface area (Å²) in [5, 5.41) is 24.5. The van der Waals surface area contributed by atoms with Gasteiger partial charge in [0.25, 0.3) is 0 Å². The molecule has 6 unspecified atom stereocenters. The summed E-state index contributed by atoms with van der Waals surface area (Å²) in [6, 6.07) is 23.3. The number of aliphatic hydroxyl groups is 2. The average Bonchev–Trinajstić information content (AvgIpc) is 3.72. The molecule has 0 spiro atoms. The van der Waals surface area contributed by atoms with Gasteiger partial charge in [-0.2, -0.15) is 0 Å². The third-order valence-corrected chi connectivity index (χ3v) is 9.70. The number of aliphatic hydroxyl groups excluding tert-OH is 2. The van der Waals surface area contributed by atoms with E-state index in [4.69, 9.17) is 28.8 Å². The third-order valence-electron chi connectivity index (χ3n) is 9.70. The molecule has 3 aromatic carbocycles. The third kappa shape index (κ3) is 8.74. The molecule has 3 aromatic rings. The highest BCUT2D eigenvalue weighted by atomic mass is 16.8. The van der Waals surface area contributed by atoms with Gasteiger partial charge in [0.1, 0.15) is 31.0 Å².